The van der Waals surface area contributed by atoms with Gasteiger partial charge in [0.1, 0.15) is 6.61 Å². The summed E-state index contributed by atoms with van der Waals surface area (Å²) >= 11 is 0. The highest BCUT2D eigenvalue weighted by atomic mass is 16.7. The molecule has 0 aliphatic carbocycles. The largest absolute Gasteiger partial charge is 0.445 e. The minimum Gasteiger partial charge on any atom is -0.445 e. The highest BCUT2D eigenvalue weighted by Gasteiger charge is 2.34. The van der Waals surface area contributed by atoms with Crippen LogP contribution >= 0.6 is 0 Å². The topological polar surface area (TPSA) is 73.9 Å². The Kier molecular flexibility index (Phi) is 6.61. The highest BCUT2D eigenvalue weighted by Crippen LogP contribution is 2.27. The molecule has 6 heteroatoms. The summed E-state index contributed by atoms with van der Waals surface area (Å²) in [5.41, 5.74) is 0.929. The first kappa shape index (κ1) is 18.3. The molecule has 1 aromatic rings. The average molecular weight is 335 g/mol. The van der Waals surface area contributed by atoms with Crippen LogP contribution in [0.4, 0.5) is 4.79 Å². The Balaban J connectivity index is 1.79. The van der Waals surface area contributed by atoms with E-state index in [1.807, 2.05) is 44.2 Å². The van der Waals surface area contributed by atoms with Gasteiger partial charge < -0.3 is 19.5 Å². The Morgan fingerprint density at radius 1 is 1.29 bits per heavy atom. The number of benzene rings is 1. The monoisotopic (exact) mass is 335 g/mol. The first-order valence-corrected chi connectivity index (χ1v) is 8.25. The molecule has 1 fully saturated rings. The van der Waals surface area contributed by atoms with Crippen molar-refractivity contribution in [3.8, 4) is 0 Å². The third-order valence-electron chi connectivity index (χ3n) is 4.08. The molecule has 0 radical (unpaired) electrons. The van der Waals surface area contributed by atoms with E-state index in [4.69, 9.17) is 14.2 Å². The minimum atomic E-state index is -0.564. The van der Waals surface area contributed by atoms with E-state index in [0.717, 1.165) is 18.4 Å². The number of nitrogens with one attached hydrogen (secondary N) is 1. The van der Waals surface area contributed by atoms with Crippen LogP contribution in [0.15, 0.2) is 30.3 Å². The number of esters is 1. The lowest BCUT2D eigenvalue weighted by Gasteiger charge is -2.36. The molecular formula is C18H25NO5. The number of amides is 1. The molecule has 1 heterocycles. The molecular weight excluding hydrogens is 310 g/mol. The Labute approximate surface area is 142 Å². The molecule has 1 aromatic carbocycles. The molecule has 2 unspecified atom stereocenters. The van der Waals surface area contributed by atoms with E-state index in [1.54, 1.807) is 0 Å². The summed E-state index contributed by atoms with van der Waals surface area (Å²) in [5, 5.41) is 2.78. The molecule has 24 heavy (non-hydrogen) atoms. The lowest BCUT2D eigenvalue weighted by molar-refractivity contribution is -0.220. The molecule has 0 aromatic heterocycles. The summed E-state index contributed by atoms with van der Waals surface area (Å²) in [4.78, 5) is 23.1. The first-order valence-electron chi connectivity index (χ1n) is 8.25. The molecule has 1 aliphatic heterocycles. The zero-order valence-electron chi connectivity index (χ0n) is 14.4. The maximum Gasteiger partial charge on any atom is 0.407 e. The average Bonchev–Trinajstić information content (AvgIpc) is 2.55. The minimum absolute atomic E-state index is 0.141. The number of rotatable bonds is 5. The van der Waals surface area contributed by atoms with E-state index in [9.17, 15) is 9.59 Å². The molecule has 0 spiro atoms. The van der Waals surface area contributed by atoms with Gasteiger partial charge in [-0.25, -0.2) is 4.79 Å². The van der Waals surface area contributed by atoms with E-state index in [2.05, 4.69) is 5.32 Å². The molecule has 0 saturated carbocycles. The second-order valence-electron chi connectivity index (χ2n) is 6.20. The summed E-state index contributed by atoms with van der Waals surface area (Å²) in [6.07, 6.45) is 0.394. The third-order valence-corrected chi connectivity index (χ3v) is 4.08. The van der Waals surface area contributed by atoms with Crippen LogP contribution < -0.4 is 5.32 Å². The van der Waals surface area contributed by atoms with Gasteiger partial charge in [0.25, 0.3) is 0 Å². The zero-order chi connectivity index (χ0) is 17.5. The Morgan fingerprint density at radius 3 is 2.67 bits per heavy atom. The Morgan fingerprint density at radius 2 is 2.00 bits per heavy atom. The molecule has 1 N–H and O–H groups in total. The van der Waals surface area contributed by atoms with Crippen molar-refractivity contribution in [2.45, 2.75) is 58.7 Å². The first-order chi connectivity index (χ1) is 11.5. The maximum absolute atomic E-state index is 11.9. The second kappa shape index (κ2) is 8.68. The van der Waals surface area contributed by atoms with Gasteiger partial charge >= 0.3 is 12.1 Å². The van der Waals surface area contributed by atoms with Crippen molar-refractivity contribution in [3.05, 3.63) is 35.9 Å². The van der Waals surface area contributed by atoms with Gasteiger partial charge in [0.05, 0.1) is 12.1 Å². The number of carbonyl (C=O) groups excluding carboxylic acids is 2. The van der Waals surface area contributed by atoms with E-state index in [0.29, 0.717) is 0 Å². The number of alkyl carbamates (subject to hydrolysis) is 1. The van der Waals surface area contributed by atoms with Gasteiger partial charge in [-0.2, -0.15) is 0 Å². The van der Waals surface area contributed by atoms with Gasteiger partial charge in [-0.1, -0.05) is 37.3 Å². The van der Waals surface area contributed by atoms with Crippen LogP contribution in [-0.2, 0) is 25.6 Å². The van der Waals surface area contributed by atoms with Crippen LogP contribution in [0.25, 0.3) is 0 Å². The van der Waals surface area contributed by atoms with E-state index in [-0.39, 0.29) is 30.6 Å². The van der Waals surface area contributed by atoms with Crippen molar-refractivity contribution in [3.63, 3.8) is 0 Å². The quantitative estimate of drug-likeness (QED) is 0.837. The number of hydrogen-bond acceptors (Lipinski definition) is 5. The van der Waals surface area contributed by atoms with Gasteiger partial charge in [0, 0.05) is 12.8 Å². The van der Waals surface area contributed by atoms with Crippen LogP contribution in [0, 0.1) is 5.92 Å². The van der Waals surface area contributed by atoms with Crippen LogP contribution in [0.3, 0.4) is 0 Å². The van der Waals surface area contributed by atoms with E-state index < -0.39 is 12.4 Å². The standard InChI is InChI=1S/C18H25NO5/c1-12-9-10-16(24-17(12)23-14(3)20)13(2)19-18(21)22-11-15-7-5-4-6-8-15/h4-8,12-13,16-17H,9-11H2,1-3H3,(H,19,21)/t12?,13-,16+,17?/m1/s1. The fourth-order valence-corrected chi connectivity index (χ4v) is 2.66. The van der Waals surface area contributed by atoms with Crippen LogP contribution in [-0.4, -0.2) is 30.5 Å². The van der Waals surface area contributed by atoms with Crippen molar-refractivity contribution in [2.75, 3.05) is 0 Å². The number of ether oxygens (including phenoxy) is 3. The van der Waals surface area contributed by atoms with E-state index in [1.165, 1.54) is 6.92 Å². The van der Waals surface area contributed by atoms with E-state index >= 15 is 0 Å². The Hall–Kier alpha value is -2.08. The highest BCUT2D eigenvalue weighted by molar-refractivity contribution is 5.67. The molecule has 1 amide bonds. The maximum atomic E-state index is 11.9. The Bertz CT molecular complexity index is 548. The lowest BCUT2D eigenvalue weighted by Crippen LogP contribution is -2.48. The SMILES string of the molecule is CC(=O)OC1O[C@H]([C@@H](C)NC(=O)OCc2ccccc2)CCC1C. The predicted octanol–water partition coefficient (Wildman–Crippen LogP) is 3.01. The summed E-state index contributed by atoms with van der Waals surface area (Å²) in [6.45, 7) is 5.42. The van der Waals surface area contributed by atoms with Crippen LogP contribution in [0.2, 0.25) is 0 Å². The molecule has 0 bridgehead atoms. The molecule has 6 nitrogen and oxygen atoms in total. The van der Waals surface area contributed by atoms with Crippen molar-refractivity contribution >= 4 is 12.1 Å². The van der Waals surface area contributed by atoms with Gasteiger partial charge in [-0.05, 0) is 25.3 Å². The molecule has 1 aliphatic rings. The fraction of sp³-hybridized carbons (Fsp3) is 0.556. The third kappa shape index (κ3) is 5.53. The van der Waals surface area contributed by atoms with Gasteiger partial charge in [0.15, 0.2) is 0 Å². The smallest absolute Gasteiger partial charge is 0.407 e. The summed E-state index contributed by atoms with van der Waals surface area (Å²) < 4.78 is 16.2. The predicted molar refractivity (Wildman–Crippen MR) is 88.0 cm³/mol. The van der Waals surface area contributed by atoms with Gasteiger partial charge in [-0.15, -0.1) is 0 Å². The van der Waals surface area contributed by atoms with Crippen molar-refractivity contribution in [1.29, 1.82) is 0 Å². The lowest BCUT2D eigenvalue weighted by atomic mass is 9.95. The molecule has 2 rings (SSSR count). The molecule has 4 atom stereocenters. The van der Waals surface area contributed by atoms with Gasteiger partial charge in [-0.3, -0.25) is 4.79 Å². The number of hydrogen-bond donors (Lipinski definition) is 1. The van der Waals surface area contributed by atoms with Crippen LogP contribution in [0.5, 0.6) is 0 Å². The summed E-state index contributed by atoms with van der Waals surface area (Å²) in [6, 6.07) is 9.25. The van der Waals surface area contributed by atoms with Gasteiger partial charge in [0.2, 0.25) is 6.29 Å². The zero-order valence-corrected chi connectivity index (χ0v) is 14.4. The van der Waals surface area contributed by atoms with Crippen molar-refractivity contribution in [2.24, 2.45) is 5.92 Å². The normalized spacial score (nSPS) is 24.7. The fourth-order valence-electron chi connectivity index (χ4n) is 2.66. The molecule has 132 valence electrons. The summed E-state index contributed by atoms with van der Waals surface area (Å²) in [7, 11) is 0. The second-order valence-corrected chi connectivity index (χ2v) is 6.20. The molecule has 1 saturated heterocycles. The van der Waals surface area contributed by atoms with Crippen LogP contribution in [0.1, 0.15) is 39.2 Å². The van der Waals surface area contributed by atoms with Crippen molar-refractivity contribution in [1.82, 2.24) is 5.32 Å². The number of carbonyl (C=O) groups is 2. The van der Waals surface area contributed by atoms with Crippen molar-refractivity contribution < 1.29 is 23.8 Å². The summed E-state index contributed by atoms with van der Waals surface area (Å²) in [5.74, 6) is -0.224.